The fraction of sp³-hybridized carbons (Fsp3) is 0.480. The van der Waals surface area contributed by atoms with Crippen LogP contribution in [0.3, 0.4) is 0 Å². The van der Waals surface area contributed by atoms with Crippen LogP contribution < -0.4 is 16.4 Å². The molecule has 1 aromatic heterocycles. The summed E-state index contributed by atoms with van der Waals surface area (Å²) in [5, 5.41) is 16.8. The predicted octanol–water partition coefficient (Wildman–Crippen LogP) is 4.05. The fourth-order valence-corrected chi connectivity index (χ4v) is 5.44. The minimum atomic E-state index is -0.735. The number of aliphatic hydroxyl groups is 1. The SMILES string of the molecule is Cc1cc(NC(=O)NC2c3ccc(Br)cc3C(C)(C)C[C@H]2O)c(C2CCOCC2)nc1C(N)=O. The number of hydrogen-bond acceptors (Lipinski definition) is 5. The third kappa shape index (κ3) is 4.96. The zero-order chi connectivity index (χ0) is 24.6. The Hall–Kier alpha value is -2.49. The second-order valence-corrected chi connectivity index (χ2v) is 10.7. The van der Waals surface area contributed by atoms with Gasteiger partial charge in [-0.05, 0) is 66.5 Å². The van der Waals surface area contributed by atoms with Crippen molar-refractivity contribution in [3.63, 3.8) is 0 Å². The van der Waals surface area contributed by atoms with E-state index in [1.54, 1.807) is 13.0 Å². The summed E-state index contributed by atoms with van der Waals surface area (Å²) in [5.41, 5.74) is 9.24. The van der Waals surface area contributed by atoms with Gasteiger partial charge in [-0.1, -0.05) is 35.8 Å². The van der Waals surface area contributed by atoms with Crippen molar-refractivity contribution in [3.05, 3.63) is 56.8 Å². The molecule has 2 heterocycles. The standard InChI is InChI=1S/C25H31BrN4O4/c1-13-10-18(21(29-20(13)23(27)32)14-6-8-34-9-7-14)28-24(33)30-22-16-5-4-15(26)11-17(16)25(2,3)12-19(22)31/h4-5,10-11,14,19,22,31H,6-9,12H2,1-3H3,(H2,27,32)(H2,28,30,33)/t19-,22?/m1/s1. The van der Waals surface area contributed by atoms with Gasteiger partial charge < -0.3 is 26.2 Å². The molecule has 182 valence electrons. The highest BCUT2D eigenvalue weighted by molar-refractivity contribution is 9.10. The van der Waals surface area contributed by atoms with Crippen molar-refractivity contribution in [2.24, 2.45) is 5.73 Å². The molecule has 0 spiro atoms. The Morgan fingerprint density at radius 3 is 2.62 bits per heavy atom. The van der Waals surface area contributed by atoms with Crippen LogP contribution in [0.15, 0.2) is 28.7 Å². The number of pyridine rings is 1. The zero-order valence-corrected chi connectivity index (χ0v) is 21.2. The van der Waals surface area contributed by atoms with Crippen LogP contribution >= 0.6 is 15.9 Å². The summed E-state index contributed by atoms with van der Waals surface area (Å²) in [5.74, 6) is -0.556. The molecule has 2 aliphatic rings. The monoisotopic (exact) mass is 530 g/mol. The van der Waals surface area contributed by atoms with Gasteiger partial charge in [-0.25, -0.2) is 9.78 Å². The number of aromatic nitrogens is 1. The lowest BCUT2D eigenvalue weighted by molar-refractivity contribution is 0.0844. The number of carbonyl (C=O) groups excluding carboxylic acids is 2. The molecule has 1 saturated heterocycles. The average molecular weight is 531 g/mol. The summed E-state index contributed by atoms with van der Waals surface area (Å²) < 4.78 is 6.42. The molecule has 2 atom stereocenters. The molecule has 0 radical (unpaired) electrons. The van der Waals surface area contributed by atoms with Crippen LogP contribution in [0, 0.1) is 6.92 Å². The molecule has 0 saturated carbocycles. The number of aliphatic hydroxyl groups excluding tert-OH is 1. The van der Waals surface area contributed by atoms with Crippen molar-refractivity contribution in [3.8, 4) is 0 Å². The molecule has 1 aromatic carbocycles. The highest BCUT2D eigenvalue weighted by Gasteiger charge is 2.39. The Bertz CT molecular complexity index is 1110. The summed E-state index contributed by atoms with van der Waals surface area (Å²) in [6, 6.07) is 6.64. The molecule has 0 bridgehead atoms. The van der Waals surface area contributed by atoms with Gasteiger partial charge in [-0.2, -0.15) is 0 Å². The van der Waals surface area contributed by atoms with Crippen molar-refractivity contribution in [1.29, 1.82) is 0 Å². The van der Waals surface area contributed by atoms with Crippen LogP contribution in [0.25, 0.3) is 0 Å². The van der Waals surface area contributed by atoms with Crippen LogP contribution in [0.4, 0.5) is 10.5 Å². The van der Waals surface area contributed by atoms with Gasteiger partial charge in [0, 0.05) is 23.6 Å². The van der Waals surface area contributed by atoms with Crippen LogP contribution in [0.5, 0.6) is 0 Å². The van der Waals surface area contributed by atoms with Gasteiger partial charge in [0.15, 0.2) is 0 Å². The van der Waals surface area contributed by atoms with Crippen molar-refractivity contribution in [1.82, 2.24) is 10.3 Å². The fourth-order valence-electron chi connectivity index (χ4n) is 5.08. The first-order valence-electron chi connectivity index (χ1n) is 11.5. The normalized spacial score (nSPS) is 22.0. The summed E-state index contributed by atoms with van der Waals surface area (Å²) in [4.78, 5) is 29.6. The first kappa shape index (κ1) is 24.6. The number of nitrogens with two attached hydrogens (primary N) is 1. The number of ether oxygens (including phenoxy) is 1. The zero-order valence-electron chi connectivity index (χ0n) is 19.7. The largest absolute Gasteiger partial charge is 0.391 e. The van der Waals surface area contributed by atoms with Crippen molar-refractivity contribution in [2.75, 3.05) is 18.5 Å². The van der Waals surface area contributed by atoms with Gasteiger partial charge in [0.05, 0.1) is 23.5 Å². The number of anilines is 1. The molecule has 1 aliphatic carbocycles. The van der Waals surface area contributed by atoms with Gasteiger partial charge in [-0.15, -0.1) is 0 Å². The Morgan fingerprint density at radius 1 is 1.24 bits per heavy atom. The van der Waals surface area contributed by atoms with Gasteiger partial charge in [0.2, 0.25) is 0 Å². The van der Waals surface area contributed by atoms with E-state index in [4.69, 9.17) is 10.5 Å². The van der Waals surface area contributed by atoms with E-state index in [0.29, 0.717) is 36.6 Å². The molecule has 1 aliphatic heterocycles. The van der Waals surface area contributed by atoms with E-state index in [1.165, 1.54) is 0 Å². The average Bonchev–Trinajstić information content (AvgIpc) is 2.77. The first-order chi connectivity index (χ1) is 16.1. The Labute approximate surface area is 207 Å². The summed E-state index contributed by atoms with van der Waals surface area (Å²) in [6.07, 6.45) is 1.26. The summed E-state index contributed by atoms with van der Waals surface area (Å²) >= 11 is 3.53. The first-order valence-corrected chi connectivity index (χ1v) is 12.3. The molecule has 4 rings (SSSR count). The van der Waals surface area contributed by atoms with E-state index in [1.807, 2.05) is 18.2 Å². The Morgan fingerprint density at radius 2 is 1.94 bits per heavy atom. The van der Waals surface area contributed by atoms with Crippen LogP contribution in [-0.4, -0.2) is 41.3 Å². The lowest BCUT2D eigenvalue weighted by Crippen LogP contribution is -2.45. The number of nitrogens with one attached hydrogen (secondary N) is 2. The van der Waals surface area contributed by atoms with E-state index < -0.39 is 24.1 Å². The van der Waals surface area contributed by atoms with Crippen molar-refractivity contribution in [2.45, 2.75) is 63.5 Å². The lowest BCUT2D eigenvalue weighted by atomic mass is 9.70. The quantitative estimate of drug-likeness (QED) is 0.474. The number of fused-ring (bicyclic) bond motifs is 1. The second-order valence-electron chi connectivity index (χ2n) is 9.80. The molecule has 34 heavy (non-hydrogen) atoms. The lowest BCUT2D eigenvalue weighted by Gasteiger charge is -2.40. The molecule has 3 amide bonds. The number of amides is 3. The third-order valence-electron chi connectivity index (χ3n) is 6.80. The number of primary amides is 1. The van der Waals surface area contributed by atoms with Crippen LogP contribution in [0.2, 0.25) is 0 Å². The van der Waals surface area contributed by atoms with Crippen LogP contribution in [-0.2, 0) is 10.2 Å². The topological polar surface area (TPSA) is 127 Å². The number of carbonyl (C=O) groups is 2. The molecule has 1 unspecified atom stereocenters. The number of halogens is 1. The highest BCUT2D eigenvalue weighted by atomic mass is 79.9. The Balaban J connectivity index is 1.62. The van der Waals surface area contributed by atoms with Gasteiger partial charge >= 0.3 is 6.03 Å². The predicted molar refractivity (Wildman–Crippen MR) is 133 cm³/mol. The highest BCUT2D eigenvalue weighted by Crippen LogP contribution is 2.43. The third-order valence-corrected chi connectivity index (χ3v) is 7.30. The maximum absolute atomic E-state index is 13.1. The van der Waals surface area contributed by atoms with Gasteiger partial charge in [-0.3, -0.25) is 4.79 Å². The molecular weight excluding hydrogens is 500 g/mol. The number of benzene rings is 1. The Kier molecular flexibility index (Phi) is 6.98. The minimum absolute atomic E-state index is 0.0434. The smallest absolute Gasteiger partial charge is 0.319 e. The number of rotatable bonds is 4. The minimum Gasteiger partial charge on any atom is -0.391 e. The van der Waals surface area contributed by atoms with E-state index in [2.05, 4.69) is 45.4 Å². The summed E-state index contributed by atoms with van der Waals surface area (Å²) in [6.45, 7) is 7.10. The molecule has 8 nitrogen and oxygen atoms in total. The van der Waals surface area contributed by atoms with E-state index in [9.17, 15) is 14.7 Å². The molecule has 5 N–H and O–H groups in total. The summed E-state index contributed by atoms with van der Waals surface area (Å²) in [7, 11) is 0. The second kappa shape index (κ2) is 9.64. The number of nitrogens with zero attached hydrogens (tertiary/aromatic N) is 1. The maximum Gasteiger partial charge on any atom is 0.319 e. The molecule has 1 fully saturated rings. The van der Waals surface area contributed by atoms with E-state index in [0.717, 1.165) is 28.4 Å². The number of aryl methyl sites for hydroxylation is 1. The maximum atomic E-state index is 13.1. The van der Waals surface area contributed by atoms with Gasteiger partial charge in [0.1, 0.15) is 5.69 Å². The molecule has 2 aromatic rings. The van der Waals surface area contributed by atoms with E-state index >= 15 is 0 Å². The van der Waals surface area contributed by atoms with E-state index in [-0.39, 0.29) is 17.0 Å². The van der Waals surface area contributed by atoms with Crippen molar-refractivity contribution >= 4 is 33.6 Å². The van der Waals surface area contributed by atoms with Gasteiger partial charge in [0.25, 0.3) is 5.91 Å². The number of urea groups is 1. The molecule has 9 heteroatoms. The number of hydrogen-bond donors (Lipinski definition) is 4. The molecular formula is C25H31BrN4O4. The van der Waals surface area contributed by atoms with Crippen molar-refractivity contribution < 1.29 is 19.4 Å². The van der Waals surface area contributed by atoms with Crippen LogP contribution in [0.1, 0.15) is 77.9 Å².